The summed E-state index contributed by atoms with van der Waals surface area (Å²) >= 11 is 1.96. The number of rotatable bonds is 1. The fraction of sp³-hybridized carbons (Fsp3) is 0.462. The number of anilines is 1. The van der Waals surface area contributed by atoms with Crippen molar-refractivity contribution in [2.75, 3.05) is 18.0 Å². The molecule has 0 amide bonds. The summed E-state index contributed by atoms with van der Waals surface area (Å²) in [5.41, 5.74) is 0.988. The first-order chi connectivity index (χ1) is 8.10. The highest BCUT2D eigenvalue weighted by Crippen LogP contribution is 2.29. The smallest absolute Gasteiger partial charge is 0.143 e. The molecule has 90 valence electrons. The Morgan fingerprint density at radius 2 is 2.00 bits per heavy atom. The van der Waals surface area contributed by atoms with Crippen molar-refractivity contribution in [2.24, 2.45) is 0 Å². The van der Waals surface area contributed by atoms with Gasteiger partial charge in [0, 0.05) is 29.3 Å². The molecule has 4 heteroatoms. The summed E-state index contributed by atoms with van der Waals surface area (Å²) < 4.78 is 13.5. The van der Waals surface area contributed by atoms with E-state index in [-0.39, 0.29) is 5.56 Å². The number of benzene rings is 1. The Balaban J connectivity index is 2.22. The molecule has 0 bridgehead atoms. The van der Waals surface area contributed by atoms with Gasteiger partial charge in [-0.25, -0.2) is 4.39 Å². The molecule has 1 fully saturated rings. The monoisotopic (exact) mass is 250 g/mol. The predicted molar refractivity (Wildman–Crippen MR) is 69.8 cm³/mol. The van der Waals surface area contributed by atoms with Crippen LogP contribution in [0.25, 0.3) is 0 Å². The topological polar surface area (TPSA) is 27.0 Å². The van der Waals surface area contributed by atoms with E-state index in [4.69, 9.17) is 5.26 Å². The minimum Gasteiger partial charge on any atom is -0.369 e. The third kappa shape index (κ3) is 2.73. The molecular weight excluding hydrogens is 235 g/mol. The quantitative estimate of drug-likeness (QED) is 0.766. The second-order valence-corrected chi connectivity index (χ2v) is 6.32. The molecule has 1 saturated heterocycles. The van der Waals surface area contributed by atoms with Gasteiger partial charge in [-0.2, -0.15) is 17.0 Å². The summed E-state index contributed by atoms with van der Waals surface area (Å²) in [6, 6.07) is 6.70. The van der Waals surface area contributed by atoms with Crippen molar-refractivity contribution in [3.63, 3.8) is 0 Å². The van der Waals surface area contributed by atoms with E-state index in [0.717, 1.165) is 18.8 Å². The average Bonchev–Trinajstić information content (AvgIpc) is 2.27. The molecule has 17 heavy (non-hydrogen) atoms. The Morgan fingerprint density at radius 3 is 2.53 bits per heavy atom. The van der Waals surface area contributed by atoms with Gasteiger partial charge in [0.15, 0.2) is 0 Å². The first-order valence-corrected chi connectivity index (χ1v) is 6.64. The standard InChI is InChI=1S/C13H15FN2S/c1-9-7-16(8-10(2)17-9)12-4-3-11(6-15)13(14)5-12/h3-5,9-10H,7-8H2,1-2H3. The van der Waals surface area contributed by atoms with Crippen molar-refractivity contribution >= 4 is 17.4 Å². The summed E-state index contributed by atoms with van der Waals surface area (Å²) in [7, 11) is 0. The largest absolute Gasteiger partial charge is 0.369 e. The molecule has 0 radical (unpaired) electrons. The third-order valence-corrected chi connectivity index (χ3v) is 4.09. The molecule has 0 N–H and O–H groups in total. The van der Waals surface area contributed by atoms with Gasteiger partial charge in [-0.3, -0.25) is 0 Å². The summed E-state index contributed by atoms with van der Waals surface area (Å²) in [5, 5.41) is 9.80. The maximum Gasteiger partial charge on any atom is 0.143 e. The van der Waals surface area contributed by atoms with Gasteiger partial charge < -0.3 is 4.90 Å². The molecular formula is C13H15FN2S. The first kappa shape index (κ1) is 12.3. The molecule has 0 aromatic heterocycles. The highest BCUT2D eigenvalue weighted by molar-refractivity contribution is 8.00. The van der Waals surface area contributed by atoms with Crippen LogP contribution in [0.1, 0.15) is 19.4 Å². The number of hydrogen-bond acceptors (Lipinski definition) is 3. The van der Waals surface area contributed by atoms with Crippen LogP contribution in [0.3, 0.4) is 0 Å². The van der Waals surface area contributed by atoms with Crippen molar-refractivity contribution in [2.45, 2.75) is 24.3 Å². The summed E-state index contributed by atoms with van der Waals surface area (Å²) in [6.45, 7) is 6.24. The van der Waals surface area contributed by atoms with E-state index >= 15 is 0 Å². The summed E-state index contributed by atoms with van der Waals surface area (Å²) in [6.07, 6.45) is 0. The molecule has 1 aliphatic heterocycles. The Kier molecular flexibility index (Phi) is 3.58. The minimum absolute atomic E-state index is 0.112. The van der Waals surface area contributed by atoms with Gasteiger partial charge in [0.25, 0.3) is 0 Å². The fourth-order valence-corrected chi connectivity index (χ4v) is 3.51. The van der Waals surface area contributed by atoms with Crippen LogP contribution in [0.2, 0.25) is 0 Å². The fourth-order valence-electron chi connectivity index (χ4n) is 2.18. The van der Waals surface area contributed by atoms with E-state index in [1.807, 2.05) is 23.9 Å². The number of nitrogens with zero attached hydrogens (tertiary/aromatic N) is 2. The van der Waals surface area contributed by atoms with Crippen LogP contribution >= 0.6 is 11.8 Å². The average molecular weight is 250 g/mol. The highest BCUT2D eigenvalue weighted by Gasteiger charge is 2.22. The summed E-state index contributed by atoms with van der Waals surface area (Å²) in [4.78, 5) is 2.19. The van der Waals surface area contributed by atoms with Gasteiger partial charge in [-0.05, 0) is 18.2 Å². The zero-order chi connectivity index (χ0) is 12.4. The maximum atomic E-state index is 13.5. The van der Waals surface area contributed by atoms with Crippen molar-refractivity contribution < 1.29 is 4.39 Å². The van der Waals surface area contributed by atoms with Gasteiger partial charge in [0.05, 0.1) is 5.56 Å². The van der Waals surface area contributed by atoms with Crippen molar-refractivity contribution in [1.29, 1.82) is 5.26 Å². The predicted octanol–water partition coefficient (Wildman–Crippen LogP) is 3.03. The van der Waals surface area contributed by atoms with Crippen LogP contribution < -0.4 is 4.90 Å². The van der Waals surface area contributed by atoms with Gasteiger partial charge in [-0.1, -0.05) is 13.8 Å². The van der Waals surface area contributed by atoms with Crippen molar-refractivity contribution in [3.05, 3.63) is 29.6 Å². The van der Waals surface area contributed by atoms with Crippen LogP contribution in [0.4, 0.5) is 10.1 Å². The number of hydrogen-bond donors (Lipinski definition) is 0. The van der Waals surface area contributed by atoms with Crippen LogP contribution in [-0.4, -0.2) is 23.6 Å². The molecule has 0 saturated carbocycles. The van der Waals surface area contributed by atoms with Gasteiger partial charge in [0.2, 0.25) is 0 Å². The van der Waals surface area contributed by atoms with Crippen LogP contribution in [0.15, 0.2) is 18.2 Å². The molecule has 2 rings (SSSR count). The molecule has 0 spiro atoms. The lowest BCUT2D eigenvalue weighted by Crippen LogP contribution is -2.40. The Labute approximate surface area is 105 Å². The Morgan fingerprint density at radius 1 is 1.35 bits per heavy atom. The van der Waals surface area contributed by atoms with Crippen molar-refractivity contribution in [3.8, 4) is 6.07 Å². The first-order valence-electron chi connectivity index (χ1n) is 5.70. The van der Waals surface area contributed by atoms with E-state index in [9.17, 15) is 4.39 Å². The van der Waals surface area contributed by atoms with Gasteiger partial charge >= 0.3 is 0 Å². The molecule has 1 aliphatic rings. The normalized spacial score (nSPS) is 24.5. The lowest BCUT2D eigenvalue weighted by molar-refractivity contribution is 0.621. The third-order valence-electron chi connectivity index (χ3n) is 2.86. The molecule has 1 aromatic carbocycles. The summed E-state index contributed by atoms with van der Waals surface area (Å²) in [5.74, 6) is -0.427. The SMILES string of the molecule is CC1CN(c2ccc(C#N)c(F)c2)CC(C)S1. The Hall–Kier alpha value is -1.21. The zero-order valence-corrected chi connectivity index (χ0v) is 10.8. The van der Waals surface area contributed by atoms with E-state index in [1.165, 1.54) is 6.07 Å². The number of thioether (sulfide) groups is 1. The molecule has 2 atom stereocenters. The molecule has 1 aromatic rings. The lowest BCUT2D eigenvalue weighted by atomic mass is 10.2. The molecule has 1 heterocycles. The van der Waals surface area contributed by atoms with E-state index in [1.54, 1.807) is 6.07 Å². The van der Waals surface area contributed by atoms with E-state index in [2.05, 4.69) is 18.7 Å². The zero-order valence-electron chi connectivity index (χ0n) is 9.98. The van der Waals surface area contributed by atoms with Gasteiger partial charge in [-0.15, -0.1) is 0 Å². The second-order valence-electron chi connectivity index (χ2n) is 4.44. The van der Waals surface area contributed by atoms with Crippen LogP contribution in [0, 0.1) is 17.1 Å². The highest BCUT2D eigenvalue weighted by atomic mass is 32.2. The number of halogens is 1. The molecule has 2 nitrogen and oxygen atoms in total. The second kappa shape index (κ2) is 4.97. The Bertz CT molecular complexity index is 445. The van der Waals surface area contributed by atoms with Crippen LogP contribution in [-0.2, 0) is 0 Å². The van der Waals surface area contributed by atoms with Crippen molar-refractivity contribution in [1.82, 2.24) is 0 Å². The van der Waals surface area contributed by atoms with Crippen LogP contribution in [0.5, 0.6) is 0 Å². The minimum atomic E-state index is -0.427. The van der Waals surface area contributed by atoms with Gasteiger partial charge in [0.1, 0.15) is 11.9 Å². The van der Waals surface area contributed by atoms with E-state index < -0.39 is 5.82 Å². The van der Waals surface area contributed by atoms with E-state index in [0.29, 0.717) is 10.5 Å². The lowest BCUT2D eigenvalue weighted by Gasteiger charge is -2.36. The maximum absolute atomic E-state index is 13.5. The molecule has 0 aliphatic carbocycles. The molecule has 2 unspecified atom stereocenters. The number of nitriles is 1.